The molecule has 0 radical (unpaired) electrons. The van der Waals surface area contributed by atoms with Crippen LogP contribution in [0.3, 0.4) is 0 Å². The Labute approximate surface area is 153 Å². The van der Waals surface area contributed by atoms with E-state index in [0.29, 0.717) is 22.7 Å². The predicted molar refractivity (Wildman–Crippen MR) is 96.6 cm³/mol. The van der Waals surface area contributed by atoms with Crippen LogP contribution < -0.4 is 10.3 Å². The zero-order chi connectivity index (χ0) is 18.7. The van der Waals surface area contributed by atoms with Gasteiger partial charge in [0.1, 0.15) is 5.75 Å². The largest absolute Gasteiger partial charge is 0.454 e. The minimum absolute atomic E-state index is 0.116. The quantitative estimate of drug-likeness (QED) is 0.672. The van der Waals surface area contributed by atoms with Gasteiger partial charge in [-0.3, -0.25) is 4.79 Å². The van der Waals surface area contributed by atoms with Gasteiger partial charge in [0.25, 0.3) is 5.56 Å². The van der Waals surface area contributed by atoms with Crippen LogP contribution in [0.15, 0.2) is 47.3 Å². The van der Waals surface area contributed by atoms with E-state index < -0.39 is 5.82 Å². The molecule has 0 fully saturated rings. The molecule has 0 saturated heterocycles. The molecule has 7 heteroatoms. The summed E-state index contributed by atoms with van der Waals surface area (Å²) in [5.41, 5.74) is 1.71. The molecule has 0 unspecified atom stereocenters. The van der Waals surface area contributed by atoms with Crippen LogP contribution in [0.4, 0.5) is 10.1 Å². The van der Waals surface area contributed by atoms with Crippen molar-refractivity contribution in [3.63, 3.8) is 0 Å². The SMILES string of the molecule is [C-]#[N+]c1cc(C)cc(Oc2c(Cl)ccc(Cc3ccc(=O)[nH]n3)c2F)c1. The Hall–Kier alpha value is -3.17. The van der Waals surface area contributed by atoms with E-state index in [-0.39, 0.29) is 22.8 Å². The maximum atomic E-state index is 14.9. The standard InChI is InChI=1S/C19H13ClFN3O2/c1-11-7-14(22-2)10-15(8-11)26-19-16(20)5-3-12(18(19)21)9-13-4-6-17(25)24-23-13/h3-8,10H,9H2,1H3,(H,24,25). The van der Waals surface area contributed by atoms with E-state index in [1.54, 1.807) is 12.1 Å². The third-order valence-electron chi connectivity index (χ3n) is 3.62. The number of halogens is 2. The van der Waals surface area contributed by atoms with Gasteiger partial charge in [-0.2, -0.15) is 5.10 Å². The second-order valence-corrected chi connectivity index (χ2v) is 6.06. The van der Waals surface area contributed by atoms with Crippen LogP contribution in [-0.4, -0.2) is 10.2 Å². The second-order valence-electron chi connectivity index (χ2n) is 5.66. The van der Waals surface area contributed by atoms with E-state index in [1.165, 1.54) is 30.3 Å². The zero-order valence-corrected chi connectivity index (χ0v) is 14.5. The summed E-state index contributed by atoms with van der Waals surface area (Å²) in [7, 11) is 0. The highest BCUT2D eigenvalue weighted by Crippen LogP contribution is 2.36. The molecular formula is C19H13ClFN3O2. The van der Waals surface area contributed by atoms with Crippen molar-refractivity contribution in [2.24, 2.45) is 0 Å². The number of ether oxygens (including phenoxy) is 1. The number of aryl methyl sites for hydroxylation is 1. The fraction of sp³-hybridized carbons (Fsp3) is 0.105. The molecule has 0 atom stereocenters. The fourth-order valence-corrected chi connectivity index (χ4v) is 2.62. The number of benzene rings is 2. The smallest absolute Gasteiger partial charge is 0.264 e. The summed E-state index contributed by atoms with van der Waals surface area (Å²) >= 11 is 6.10. The summed E-state index contributed by atoms with van der Waals surface area (Å²) in [6.45, 7) is 8.93. The minimum Gasteiger partial charge on any atom is -0.454 e. The van der Waals surface area contributed by atoms with E-state index in [0.717, 1.165) is 5.56 Å². The van der Waals surface area contributed by atoms with E-state index in [9.17, 15) is 9.18 Å². The lowest BCUT2D eigenvalue weighted by Gasteiger charge is -2.12. The third kappa shape index (κ3) is 3.90. The number of H-pyrrole nitrogens is 1. The number of hydrogen-bond acceptors (Lipinski definition) is 3. The molecule has 1 N–H and O–H groups in total. The van der Waals surface area contributed by atoms with Gasteiger partial charge < -0.3 is 4.74 Å². The topological polar surface area (TPSA) is 59.3 Å². The number of hydrogen-bond donors (Lipinski definition) is 1. The van der Waals surface area contributed by atoms with Crippen LogP contribution in [0.5, 0.6) is 11.5 Å². The Kier molecular flexibility index (Phi) is 5.01. The Morgan fingerprint density at radius 2 is 2.08 bits per heavy atom. The van der Waals surface area contributed by atoms with Crippen molar-refractivity contribution < 1.29 is 9.13 Å². The normalized spacial score (nSPS) is 10.4. The molecule has 3 aromatic rings. The first-order valence-corrected chi connectivity index (χ1v) is 8.02. The third-order valence-corrected chi connectivity index (χ3v) is 3.92. The number of aromatic amines is 1. The van der Waals surface area contributed by atoms with Gasteiger partial charge in [0.05, 0.1) is 17.3 Å². The van der Waals surface area contributed by atoms with E-state index in [2.05, 4.69) is 15.0 Å². The highest BCUT2D eigenvalue weighted by molar-refractivity contribution is 6.32. The van der Waals surface area contributed by atoms with Crippen LogP contribution in [0, 0.1) is 19.3 Å². The van der Waals surface area contributed by atoms with Crippen molar-refractivity contribution in [2.75, 3.05) is 0 Å². The lowest BCUT2D eigenvalue weighted by atomic mass is 10.1. The molecular weight excluding hydrogens is 357 g/mol. The van der Waals surface area contributed by atoms with Gasteiger partial charge in [-0.1, -0.05) is 29.3 Å². The van der Waals surface area contributed by atoms with Gasteiger partial charge in [-0.25, -0.2) is 14.3 Å². The average molecular weight is 370 g/mol. The Morgan fingerprint density at radius 3 is 2.77 bits per heavy atom. The van der Waals surface area contributed by atoms with Crippen molar-refractivity contribution in [1.29, 1.82) is 0 Å². The summed E-state index contributed by atoms with van der Waals surface area (Å²) < 4.78 is 20.5. The maximum absolute atomic E-state index is 14.9. The van der Waals surface area contributed by atoms with Crippen LogP contribution in [0.25, 0.3) is 4.85 Å². The Balaban J connectivity index is 1.95. The van der Waals surface area contributed by atoms with Crippen molar-refractivity contribution in [2.45, 2.75) is 13.3 Å². The monoisotopic (exact) mass is 369 g/mol. The fourth-order valence-electron chi connectivity index (χ4n) is 2.44. The lowest BCUT2D eigenvalue weighted by molar-refractivity contribution is 0.439. The number of nitrogens with one attached hydrogen (secondary N) is 1. The van der Waals surface area contributed by atoms with E-state index in [1.807, 2.05) is 6.92 Å². The maximum Gasteiger partial charge on any atom is 0.264 e. The van der Waals surface area contributed by atoms with Gasteiger partial charge in [0.2, 0.25) is 0 Å². The molecule has 3 rings (SSSR count). The van der Waals surface area contributed by atoms with Crippen LogP contribution in [0.1, 0.15) is 16.8 Å². The highest BCUT2D eigenvalue weighted by Gasteiger charge is 2.16. The summed E-state index contributed by atoms with van der Waals surface area (Å²) in [6.07, 6.45) is 0.164. The molecule has 0 amide bonds. The van der Waals surface area contributed by atoms with E-state index >= 15 is 0 Å². The molecule has 1 aromatic heterocycles. The van der Waals surface area contributed by atoms with Crippen molar-refractivity contribution in [3.8, 4) is 11.5 Å². The molecule has 0 aliphatic carbocycles. The zero-order valence-electron chi connectivity index (χ0n) is 13.7. The number of nitrogens with zero attached hydrogens (tertiary/aromatic N) is 2. The van der Waals surface area contributed by atoms with Gasteiger partial charge in [0.15, 0.2) is 17.3 Å². The molecule has 0 spiro atoms. The molecule has 0 aliphatic heterocycles. The predicted octanol–water partition coefficient (Wildman–Crippen LogP) is 4.80. The average Bonchev–Trinajstić information content (AvgIpc) is 2.62. The molecule has 130 valence electrons. The molecule has 0 aliphatic rings. The minimum atomic E-state index is -0.614. The van der Waals surface area contributed by atoms with Gasteiger partial charge >= 0.3 is 0 Å². The van der Waals surface area contributed by atoms with Gasteiger partial charge in [-0.15, -0.1) is 0 Å². The lowest BCUT2D eigenvalue weighted by Crippen LogP contribution is -2.08. The molecule has 2 aromatic carbocycles. The summed E-state index contributed by atoms with van der Waals surface area (Å²) in [5, 5.41) is 6.30. The van der Waals surface area contributed by atoms with E-state index in [4.69, 9.17) is 22.9 Å². The summed E-state index contributed by atoms with van der Waals surface area (Å²) in [4.78, 5) is 14.4. The first-order chi connectivity index (χ1) is 12.5. The number of aromatic nitrogens is 2. The van der Waals surface area contributed by atoms with Crippen LogP contribution in [0.2, 0.25) is 5.02 Å². The van der Waals surface area contributed by atoms with Crippen molar-refractivity contribution in [1.82, 2.24) is 10.2 Å². The second kappa shape index (κ2) is 7.38. The van der Waals surface area contributed by atoms with Crippen molar-refractivity contribution >= 4 is 17.3 Å². The summed E-state index contributed by atoms with van der Waals surface area (Å²) in [5.74, 6) is -0.400. The Bertz CT molecular complexity index is 1050. The highest BCUT2D eigenvalue weighted by atomic mass is 35.5. The van der Waals surface area contributed by atoms with Crippen molar-refractivity contribution in [3.05, 3.63) is 91.9 Å². The molecule has 5 nitrogen and oxygen atoms in total. The first kappa shape index (κ1) is 17.6. The number of rotatable bonds is 4. The van der Waals surface area contributed by atoms with Gasteiger partial charge in [-0.05, 0) is 36.8 Å². The Morgan fingerprint density at radius 1 is 1.27 bits per heavy atom. The van der Waals surface area contributed by atoms with Crippen LogP contribution in [-0.2, 0) is 6.42 Å². The molecule has 26 heavy (non-hydrogen) atoms. The molecule has 0 bridgehead atoms. The van der Waals surface area contributed by atoms with Gasteiger partial charge in [0, 0.05) is 12.5 Å². The first-order valence-electron chi connectivity index (χ1n) is 7.65. The molecule has 1 heterocycles. The molecule has 0 saturated carbocycles. The van der Waals surface area contributed by atoms with Crippen LogP contribution >= 0.6 is 11.6 Å². The summed E-state index contributed by atoms with van der Waals surface area (Å²) in [6, 6.07) is 10.8.